The van der Waals surface area contributed by atoms with Gasteiger partial charge in [-0.15, -0.1) is 0 Å². The first-order valence-electron chi connectivity index (χ1n) is 11.0. The Morgan fingerprint density at radius 1 is 0.688 bits per heavy atom. The molecule has 0 aliphatic heterocycles. The SMILES string of the molecule is CC(=O)NCCc1cccc2ccc(-c3cccc4cccc(CCNC(C)=O)c34)cc12. The zero-order valence-electron chi connectivity index (χ0n) is 18.6. The predicted octanol–water partition coefficient (Wildman–Crippen LogP) is 5.02. The fraction of sp³-hybridized carbons (Fsp3) is 0.214. The average Bonchev–Trinajstić information content (AvgIpc) is 2.78. The third-order valence-corrected chi connectivity index (χ3v) is 5.81. The molecule has 2 amide bonds. The summed E-state index contributed by atoms with van der Waals surface area (Å²) in [5.41, 5.74) is 4.82. The van der Waals surface area contributed by atoms with Gasteiger partial charge in [0.25, 0.3) is 0 Å². The molecule has 0 aliphatic carbocycles. The molecule has 4 aromatic rings. The highest BCUT2D eigenvalue weighted by Crippen LogP contribution is 2.34. The number of rotatable bonds is 7. The van der Waals surface area contributed by atoms with E-state index in [1.165, 1.54) is 43.8 Å². The minimum atomic E-state index is -0.00761. The van der Waals surface area contributed by atoms with Gasteiger partial charge in [0.15, 0.2) is 0 Å². The summed E-state index contributed by atoms with van der Waals surface area (Å²) in [7, 11) is 0. The molecule has 4 aromatic carbocycles. The number of amides is 2. The van der Waals surface area contributed by atoms with Crippen molar-refractivity contribution in [3.8, 4) is 11.1 Å². The number of carbonyl (C=O) groups excluding carboxylic acids is 2. The third-order valence-electron chi connectivity index (χ3n) is 5.81. The number of hydrogen-bond donors (Lipinski definition) is 2. The number of benzene rings is 4. The highest BCUT2D eigenvalue weighted by atomic mass is 16.1. The van der Waals surface area contributed by atoms with Crippen molar-refractivity contribution in [1.82, 2.24) is 10.6 Å². The zero-order valence-corrected chi connectivity index (χ0v) is 18.6. The van der Waals surface area contributed by atoms with E-state index < -0.39 is 0 Å². The molecular weight excluding hydrogens is 396 g/mol. The maximum absolute atomic E-state index is 11.3. The van der Waals surface area contributed by atoms with Crippen LogP contribution in [-0.4, -0.2) is 24.9 Å². The molecule has 0 atom stereocenters. The predicted molar refractivity (Wildman–Crippen MR) is 132 cm³/mol. The average molecular weight is 425 g/mol. The zero-order chi connectivity index (χ0) is 22.5. The summed E-state index contributed by atoms with van der Waals surface area (Å²) >= 11 is 0. The smallest absolute Gasteiger partial charge is 0.216 e. The van der Waals surface area contributed by atoms with Crippen LogP contribution in [-0.2, 0) is 22.4 Å². The Balaban J connectivity index is 1.77. The van der Waals surface area contributed by atoms with E-state index in [-0.39, 0.29) is 11.8 Å². The summed E-state index contributed by atoms with van der Waals surface area (Å²) in [6.07, 6.45) is 1.57. The van der Waals surface area contributed by atoms with E-state index in [1.54, 1.807) is 13.8 Å². The van der Waals surface area contributed by atoms with Gasteiger partial charge in [-0.1, -0.05) is 66.7 Å². The van der Waals surface area contributed by atoms with E-state index in [0.717, 1.165) is 12.8 Å². The molecule has 0 saturated carbocycles. The second kappa shape index (κ2) is 9.65. The molecule has 4 heteroatoms. The highest BCUT2D eigenvalue weighted by molar-refractivity contribution is 6.01. The van der Waals surface area contributed by atoms with Crippen LogP contribution < -0.4 is 10.6 Å². The first kappa shape index (κ1) is 21.6. The second-order valence-corrected chi connectivity index (χ2v) is 8.14. The molecule has 0 saturated heterocycles. The van der Waals surface area contributed by atoms with E-state index in [1.807, 2.05) is 0 Å². The summed E-state index contributed by atoms with van der Waals surface area (Å²) < 4.78 is 0. The van der Waals surface area contributed by atoms with Crippen LogP contribution in [0.4, 0.5) is 0 Å². The maximum atomic E-state index is 11.3. The van der Waals surface area contributed by atoms with Crippen LogP contribution in [0, 0.1) is 0 Å². The Labute approximate surface area is 188 Å². The fourth-order valence-electron chi connectivity index (χ4n) is 4.34. The van der Waals surface area contributed by atoms with Crippen molar-refractivity contribution in [2.45, 2.75) is 26.7 Å². The van der Waals surface area contributed by atoms with Crippen LogP contribution in [0.5, 0.6) is 0 Å². The molecule has 0 aromatic heterocycles. The molecule has 0 fully saturated rings. The lowest BCUT2D eigenvalue weighted by molar-refractivity contribution is -0.119. The molecule has 2 N–H and O–H groups in total. The Hall–Kier alpha value is -3.66. The second-order valence-electron chi connectivity index (χ2n) is 8.14. The summed E-state index contributed by atoms with van der Waals surface area (Å²) in [5, 5.41) is 10.6. The summed E-state index contributed by atoms with van der Waals surface area (Å²) in [5.74, 6) is -0.0137. The van der Waals surface area contributed by atoms with Crippen molar-refractivity contribution < 1.29 is 9.59 Å². The van der Waals surface area contributed by atoms with Crippen LogP contribution in [0.25, 0.3) is 32.7 Å². The Morgan fingerprint density at radius 2 is 1.28 bits per heavy atom. The lowest BCUT2D eigenvalue weighted by Crippen LogP contribution is -2.22. The Morgan fingerprint density at radius 3 is 1.97 bits per heavy atom. The van der Waals surface area contributed by atoms with Crippen molar-refractivity contribution in [1.29, 1.82) is 0 Å². The largest absolute Gasteiger partial charge is 0.356 e. The minimum absolute atomic E-state index is 0.00604. The maximum Gasteiger partial charge on any atom is 0.216 e. The topological polar surface area (TPSA) is 58.2 Å². The van der Waals surface area contributed by atoms with Crippen molar-refractivity contribution in [3.05, 3.63) is 83.9 Å². The molecule has 4 rings (SSSR count). The van der Waals surface area contributed by atoms with Crippen LogP contribution in [0.1, 0.15) is 25.0 Å². The lowest BCUT2D eigenvalue weighted by Gasteiger charge is -2.14. The van der Waals surface area contributed by atoms with E-state index >= 15 is 0 Å². The minimum Gasteiger partial charge on any atom is -0.356 e. The van der Waals surface area contributed by atoms with Crippen LogP contribution in [0.3, 0.4) is 0 Å². The first-order chi connectivity index (χ1) is 15.5. The first-order valence-corrected chi connectivity index (χ1v) is 11.0. The monoisotopic (exact) mass is 424 g/mol. The molecule has 0 aliphatic rings. The van der Waals surface area contributed by atoms with Crippen molar-refractivity contribution in [2.75, 3.05) is 13.1 Å². The molecule has 0 spiro atoms. The summed E-state index contributed by atoms with van der Waals surface area (Å²) in [6, 6.07) is 25.7. The number of carbonyl (C=O) groups is 2. The van der Waals surface area contributed by atoms with Gasteiger partial charge in [-0.05, 0) is 62.7 Å². The lowest BCUT2D eigenvalue weighted by atomic mass is 9.91. The third kappa shape index (κ3) is 4.80. The molecule has 0 bridgehead atoms. The molecule has 0 radical (unpaired) electrons. The molecule has 32 heavy (non-hydrogen) atoms. The van der Waals surface area contributed by atoms with Gasteiger partial charge in [-0.25, -0.2) is 0 Å². The Bertz CT molecular complexity index is 1290. The van der Waals surface area contributed by atoms with Gasteiger partial charge in [0.2, 0.25) is 11.8 Å². The van der Waals surface area contributed by atoms with Crippen molar-refractivity contribution >= 4 is 33.4 Å². The van der Waals surface area contributed by atoms with Gasteiger partial charge >= 0.3 is 0 Å². The molecule has 4 nitrogen and oxygen atoms in total. The molecule has 162 valence electrons. The van der Waals surface area contributed by atoms with Crippen LogP contribution >= 0.6 is 0 Å². The van der Waals surface area contributed by atoms with Crippen molar-refractivity contribution in [3.63, 3.8) is 0 Å². The van der Waals surface area contributed by atoms with Gasteiger partial charge in [-0.2, -0.15) is 0 Å². The standard InChI is InChI=1S/C28H28N2O2/c1-19(31)29-16-14-22-7-3-6-21-12-13-25(18-27(21)22)26-11-5-10-23-8-4-9-24(28(23)26)15-17-30-20(2)32/h3-13,18H,14-17H2,1-2H3,(H,29,31)(H,30,32). The van der Waals surface area contributed by atoms with Gasteiger partial charge in [-0.3, -0.25) is 9.59 Å². The quantitative estimate of drug-likeness (QED) is 0.438. The van der Waals surface area contributed by atoms with Crippen molar-refractivity contribution in [2.24, 2.45) is 0 Å². The van der Waals surface area contributed by atoms with Gasteiger partial charge in [0.05, 0.1) is 0 Å². The Kier molecular flexibility index (Phi) is 6.50. The molecule has 0 heterocycles. The van der Waals surface area contributed by atoms with Gasteiger partial charge in [0, 0.05) is 26.9 Å². The number of nitrogens with one attached hydrogen (secondary N) is 2. The highest BCUT2D eigenvalue weighted by Gasteiger charge is 2.10. The van der Waals surface area contributed by atoms with Crippen LogP contribution in [0.2, 0.25) is 0 Å². The van der Waals surface area contributed by atoms with Crippen LogP contribution in [0.15, 0.2) is 72.8 Å². The van der Waals surface area contributed by atoms with Gasteiger partial charge < -0.3 is 10.6 Å². The summed E-state index contributed by atoms with van der Waals surface area (Å²) in [4.78, 5) is 22.6. The summed E-state index contributed by atoms with van der Waals surface area (Å²) in [6.45, 7) is 4.34. The van der Waals surface area contributed by atoms with Gasteiger partial charge in [0.1, 0.15) is 0 Å². The fourth-order valence-corrected chi connectivity index (χ4v) is 4.34. The molecule has 0 unspecified atom stereocenters. The normalized spacial score (nSPS) is 10.9. The number of fused-ring (bicyclic) bond motifs is 2. The number of hydrogen-bond acceptors (Lipinski definition) is 2. The molecular formula is C28H28N2O2. The van der Waals surface area contributed by atoms with E-state index in [9.17, 15) is 9.59 Å². The van der Waals surface area contributed by atoms with E-state index in [4.69, 9.17) is 0 Å². The van der Waals surface area contributed by atoms with E-state index in [2.05, 4.69) is 83.4 Å². The van der Waals surface area contributed by atoms with E-state index in [0.29, 0.717) is 13.1 Å².